The first kappa shape index (κ1) is 8.12. The number of amides is 1. The number of nitrogens with zero attached hydrogens (tertiary/aromatic N) is 1. The molecule has 0 saturated carbocycles. The van der Waals surface area contributed by atoms with Gasteiger partial charge in [0, 0.05) is 0 Å². The number of carbonyl (C=O) groups is 1. The molecule has 1 aromatic heterocycles. The number of primary amides is 1. The lowest BCUT2D eigenvalue weighted by atomic mass is 10.2. The fraction of sp³-hybridized carbons (Fsp3) is 0. The van der Waals surface area contributed by atoms with Crippen LogP contribution in [0.15, 0.2) is 6.20 Å². The number of anilines is 3. The molecule has 6 heteroatoms. The van der Waals surface area contributed by atoms with Gasteiger partial charge in [-0.15, -0.1) is 0 Å². The minimum atomic E-state index is -0.732. The zero-order valence-electron chi connectivity index (χ0n) is 6.24. The quantitative estimate of drug-likeness (QED) is 0.422. The van der Waals surface area contributed by atoms with Gasteiger partial charge < -0.3 is 22.9 Å². The van der Waals surface area contributed by atoms with Gasteiger partial charge in [0.25, 0.3) is 5.91 Å². The molecule has 0 radical (unpaired) electrons. The molecule has 0 unspecified atom stereocenters. The first-order valence-corrected chi connectivity index (χ1v) is 3.13. The number of hydrogen-bond donors (Lipinski definition) is 4. The van der Waals surface area contributed by atoms with E-state index in [1.807, 2.05) is 0 Å². The van der Waals surface area contributed by atoms with E-state index in [4.69, 9.17) is 22.9 Å². The molecule has 1 amide bonds. The Hall–Kier alpha value is -1.98. The molecule has 0 aromatic carbocycles. The number of nitrogen functional groups attached to an aromatic ring is 3. The standard InChI is InChI=1S/C6H9N5O/c7-2-1-11-5(9)3(4(2)8)6(10)12/h1H,7H2,(H2,10,12)(H4,8,9,11). The fourth-order valence-electron chi connectivity index (χ4n) is 0.814. The maximum Gasteiger partial charge on any atom is 0.254 e. The van der Waals surface area contributed by atoms with Crippen LogP contribution in [0.25, 0.3) is 0 Å². The van der Waals surface area contributed by atoms with Crippen LogP contribution < -0.4 is 22.9 Å². The molecular formula is C6H9N5O. The van der Waals surface area contributed by atoms with Crippen molar-refractivity contribution >= 4 is 23.1 Å². The van der Waals surface area contributed by atoms with Gasteiger partial charge in [0.2, 0.25) is 0 Å². The van der Waals surface area contributed by atoms with Gasteiger partial charge in [-0.1, -0.05) is 0 Å². The van der Waals surface area contributed by atoms with Crippen LogP contribution in [0, 0.1) is 0 Å². The lowest BCUT2D eigenvalue weighted by Crippen LogP contribution is -2.17. The van der Waals surface area contributed by atoms with Crippen LogP contribution in [-0.4, -0.2) is 10.9 Å². The molecule has 1 heterocycles. The number of nitrogens with two attached hydrogens (primary N) is 4. The second kappa shape index (κ2) is 2.57. The third-order valence-corrected chi connectivity index (χ3v) is 1.43. The SMILES string of the molecule is NC(=O)c1c(N)ncc(N)c1N. The van der Waals surface area contributed by atoms with E-state index in [-0.39, 0.29) is 22.8 Å². The van der Waals surface area contributed by atoms with Crippen molar-refractivity contribution in [2.75, 3.05) is 17.2 Å². The van der Waals surface area contributed by atoms with Crippen molar-refractivity contribution in [3.05, 3.63) is 11.8 Å². The summed E-state index contributed by atoms with van der Waals surface area (Å²) in [4.78, 5) is 14.4. The van der Waals surface area contributed by atoms with Crippen molar-refractivity contribution in [3.63, 3.8) is 0 Å². The summed E-state index contributed by atoms with van der Waals surface area (Å²) >= 11 is 0. The van der Waals surface area contributed by atoms with Crippen LogP contribution in [0.5, 0.6) is 0 Å². The number of hydrogen-bond acceptors (Lipinski definition) is 5. The first-order valence-electron chi connectivity index (χ1n) is 3.13. The molecular weight excluding hydrogens is 158 g/mol. The van der Waals surface area contributed by atoms with E-state index >= 15 is 0 Å². The average molecular weight is 167 g/mol. The smallest absolute Gasteiger partial charge is 0.254 e. The number of rotatable bonds is 1. The molecule has 0 aliphatic rings. The Kier molecular flexibility index (Phi) is 1.74. The van der Waals surface area contributed by atoms with Gasteiger partial charge in [-0.25, -0.2) is 4.98 Å². The van der Waals surface area contributed by atoms with Gasteiger partial charge in [-0.2, -0.15) is 0 Å². The lowest BCUT2D eigenvalue weighted by Gasteiger charge is -2.06. The number of carbonyl (C=O) groups excluding carboxylic acids is 1. The molecule has 64 valence electrons. The molecule has 0 aliphatic carbocycles. The predicted molar refractivity (Wildman–Crippen MR) is 46.0 cm³/mol. The zero-order valence-corrected chi connectivity index (χ0v) is 6.24. The van der Waals surface area contributed by atoms with Crippen LogP contribution in [0.4, 0.5) is 17.2 Å². The second-order valence-corrected chi connectivity index (χ2v) is 2.25. The summed E-state index contributed by atoms with van der Waals surface area (Å²) < 4.78 is 0. The summed E-state index contributed by atoms with van der Waals surface area (Å²) in [6.45, 7) is 0. The highest BCUT2D eigenvalue weighted by Gasteiger charge is 2.13. The first-order chi connectivity index (χ1) is 5.54. The summed E-state index contributed by atoms with van der Waals surface area (Å²) in [5, 5.41) is 0. The summed E-state index contributed by atoms with van der Waals surface area (Å²) in [5.41, 5.74) is 21.4. The van der Waals surface area contributed by atoms with Crippen LogP contribution >= 0.6 is 0 Å². The predicted octanol–water partition coefficient (Wildman–Crippen LogP) is -1.07. The third-order valence-electron chi connectivity index (χ3n) is 1.43. The molecule has 0 spiro atoms. The lowest BCUT2D eigenvalue weighted by molar-refractivity contribution is 0.100. The van der Waals surface area contributed by atoms with Gasteiger partial charge in [-0.3, -0.25) is 4.79 Å². The zero-order chi connectivity index (χ0) is 9.30. The molecule has 0 atom stereocenters. The van der Waals surface area contributed by atoms with E-state index in [1.165, 1.54) is 6.20 Å². The van der Waals surface area contributed by atoms with E-state index in [0.29, 0.717) is 0 Å². The van der Waals surface area contributed by atoms with Crippen molar-refractivity contribution in [2.45, 2.75) is 0 Å². The summed E-state index contributed by atoms with van der Waals surface area (Å²) in [5.74, 6) is -0.737. The van der Waals surface area contributed by atoms with Crippen molar-refractivity contribution < 1.29 is 4.79 Å². The normalized spacial score (nSPS) is 9.67. The Morgan fingerprint density at radius 2 is 1.92 bits per heavy atom. The van der Waals surface area contributed by atoms with Crippen molar-refractivity contribution in [1.29, 1.82) is 0 Å². The molecule has 0 aliphatic heterocycles. The summed E-state index contributed by atoms with van der Waals surface area (Å²) in [6, 6.07) is 0. The van der Waals surface area contributed by atoms with E-state index in [2.05, 4.69) is 4.98 Å². The molecule has 0 fully saturated rings. The molecule has 0 bridgehead atoms. The molecule has 6 nitrogen and oxygen atoms in total. The van der Waals surface area contributed by atoms with E-state index in [9.17, 15) is 4.79 Å². The Morgan fingerprint density at radius 3 is 2.33 bits per heavy atom. The summed E-state index contributed by atoms with van der Waals surface area (Å²) in [7, 11) is 0. The maximum absolute atomic E-state index is 10.8. The van der Waals surface area contributed by atoms with Crippen LogP contribution in [0.2, 0.25) is 0 Å². The van der Waals surface area contributed by atoms with Gasteiger partial charge in [0.15, 0.2) is 0 Å². The van der Waals surface area contributed by atoms with Gasteiger partial charge >= 0.3 is 0 Å². The van der Waals surface area contributed by atoms with Crippen LogP contribution in [-0.2, 0) is 0 Å². The van der Waals surface area contributed by atoms with E-state index < -0.39 is 5.91 Å². The van der Waals surface area contributed by atoms with Gasteiger partial charge in [0.05, 0.1) is 17.6 Å². The Morgan fingerprint density at radius 1 is 1.33 bits per heavy atom. The van der Waals surface area contributed by atoms with Crippen molar-refractivity contribution in [2.24, 2.45) is 5.73 Å². The Labute approximate surface area is 68.5 Å². The molecule has 1 rings (SSSR count). The Bertz CT molecular complexity index is 335. The van der Waals surface area contributed by atoms with Crippen LogP contribution in [0.3, 0.4) is 0 Å². The monoisotopic (exact) mass is 167 g/mol. The molecule has 0 saturated heterocycles. The molecule has 8 N–H and O–H groups in total. The number of aromatic nitrogens is 1. The van der Waals surface area contributed by atoms with E-state index in [0.717, 1.165) is 0 Å². The van der Waals surface area contributed by atoms with Gasteiger partial charge in [0.1, 0.15) is 11.4 Å². The highest BCUT2D eigenvalue weighted by atomic mass is 16.1. The maximum atomic E-state index is 10.8. The minimum Gasteiger partial charge on any atom is -0.396 e. The molecule has 12 heavy (non-hydrogen) atoms. The average Bonchev–Trinajstić information content (AvgIpc) is 1.97. The van der Waals surface area contributed by atoms with E-state index in [1.54, 1.807) is 0 Å². The van der Waals surface area contributed by atoms with Gasteiger partial charge in [-0.05, 0) is 0 Å². The molecule has 1 aromatic rings. The van der Waals surface area contributed by atoms with Crippen LogP contribution in [0.1, 0.15) is 10.4 Å². The topological polar surface area (TPSA) is 134 Å². The Balaban J connectivity index is 3.43. The third kappa shape index (κ3) is 1.09. The fourth-order valence-corrected chi connectivity index (χ4v) is 0.814. The van der Waals surface area contributed by atoms with Crippen molar-refractivity contribution in [3.8, 4) is 0 Å². The largest absolute Gasteiger partial charge is 0.396 e. The number of pyridine rings is 1. The summed E-state index contributed by atoms with van der Waals surface area (Å²) in [6.07, 6.45) is 1.27. The second-order valence-electron chi connectivity index (χ2n) is 2.25. The van der Waals surface area contributed by atoms with Crippen molar-refractivity contribution in [1.82, 2.24) is 4.98 Å². The highest BCUT2D eigenvalue weighted by molar-refractivity contribution is 6.04. The minimum absolute atomic E-state index is 0.00537. The highest BCUT2D eigenvalue weighted by Crippen LogP contribution is 2.22.